The Hall–Kier alpha value is -1.33. The maximum Gasteiger partial charge on any atom is 0.250 e. The number of aromatic nitrogens is 1. The predicted molar refractivity (Wildman–Crippen MR) is 67.3 cm³/mol. The Kier molecular flexibility index (Phi) is 2.98. The van der Waals surface area contributed by atoms with Crippen LogP contribution in [0.25, 0.3) is 10.9 Å². The van der Waals surface area contributed by atoms with Gasteiger partial charge in [0.05, 0.1) is 11.1 Å². The Morgan fingerprint density at radius 1 is 1.44 bits per heavy atom. The number of carbonyl (C=O) groups excluding carboxylic acids is 1. The summed E-state index contributed by atoms with van der Waals surface area (Å²) >= 11 is 3.47. The topological polar surface area (TPSA) is 84.9 Å². The van der Waals surface area contributed by atoms with Crippen LogP contribution in [0.1, 0.15) is 15.9 Å². The second-order valence-corrected chi connectivity index (χ2v) is 4.42. The van der Waals surface area contributed by atoms with E-state index in [0.29, 0.717) is 12.1 Å². The molecule has 2 aromatic rings. The van der Waals surface area contributed by atoms with E-state index in [1.165, 1.54) is 0 Å². The third-order valence-corrected chi connectivity index (χ3v) is 3.21. The van der Waals surface area contributed by atoms with Crippen molar-refractivity contribution < 1.29 is 4.79 Å². The fourth-order valence-electron chi connectivity index (χ4n) is 1.83. The minimum absolute atomic E-state index is 0.432. The van der Waals surface area contributed by atoms with Crippen molar-refractivity contribution in [1.82, 2.24) is 4.98 Å². The number of halogens is 1. The summed E-state index contributed by atoms with van der Waals surface area (Å²) in [5.41, 5.74) is 13.2. The molecule has 5 heteroatoms. The SMILES string of the molecule is NCCc1c[nH]c2c(C(N)=O)ccc(Br)c12. The molecule has 0 fully saturated rings. The molecule has 84 valence electrons. The van der Waals surface area contributed by atoms with Crippen LogP contribution in [0.5, 0.6) is 0 Å². The van der Waals surface area contributed by atoms with Gasteiger partial charge in [0, 0.05) is 16.1 Å². The lowest BCUT2D eigenvalue weighted by molar-refractivity contribution is 0.100. The van der Waals surface area contributed by atoms with Crippen molar-refractivity contribution in [2.75, 3.05) is 6.54 Å². The number of carbonyl (C=O) groups is 1. The summed E-state index contributed by atoms with van der Waals surface area (Å²) in [5.74, 6) is -0.432. The van der Waals surface area contributed by atoms with Gasteiger partial charge < -0.3 is 16.5 Å². The van der Waals surface area contributed by atoms with Crippen LogP contribution in [0, 0.1) is 0 Å². The first-order valence-corrected chi connectivity index (χ1v) is 5.72. The zero-order valence-corrected chi connectivity index (χ0v) is 10.2. The van der Waals surface area contributed by atoms with Crippen LogP contribution < -0.4 is 11.5 Å². The van der Waals surface area contributed by atoms with Gasteiger partial charge in [-0.25, -0.2) is 0 Å². The molecule has 0 atom stereocenters. The monoisotopic (exact) mass is 281 g/mol. The lowest BCUT2D eigenvalue weighted by Crippen LogP contribution is -2.11. The molecule has 0 radical (unpaired) electrons. The summed E-state index contributed by atoms with van der Waals surface area (Å²) in [7, 11) is 0. The standard InChI is InChI=1S/C11H12BrN3O/c12-8-2-1-7(11(14)16)10-9(8)6(3-4-13)5-15-10/h1-2,5,15H,3-4,13H2,(H2,14,16). The fraction of sp³-hybridized carbons (Fsp3) is 0.182. The molecule has 0 aliphatic carbocycles. The molecule has 0 unspecified atom stereocenters. The highest BCUT2D eigenvalue weighted by Crippen LogP contribution is 2.29. The Labute approximate surface area is 101 Å². The number of fused-ring (bicyclic) bond motifs is 1. The van der Waals surface area contributed by atoms with Gasteiger partial charge in [-0.1, -0.05) is 15.9 Å². The lowest BCUT2D eigenvalue weighted by atomic mass is 10.1. The largest absolute Gasteiger partial charge is 0.366 e. The molecule has 16 heavy (non-hydrogen) atoms. The fourth-order valence-corrected chi connectivity index (χ4v) is 2.42. The predicted octanol–water partition coefficient (Wildman–Crippen LogP) is 1.53. The molecule has 0 saturated heterocycles. The molecule has 0 spiro atoms. The number of H-pyrrole nitrogens is 1. The summed E-state index contributed by atoms with van der Waals surface area (Å²) < 4.78 is 0.942. The van der Waals surface area contributed by atoms with Crippen LogP contribution in [-0.4, -0.2) is 17.4 Å². The normalized spacial score (nSPS) is 10.9. The van der Waals surface area contributed by atoms with E-state index in [4.69, 9.17) is 11.5 Å². The average molecular weight is 282 g/mol. The van der Waals surface area contributed by atoms with Gasteiger partial charge in [0.25, 0.3) is 5.91 Å². The molecule has 0 aliphatic heterocycles. The van der Waals surface area contributed by atoms with E-state index in [0.717, 1.165) is 27.4 Å². The second-order valence-electron chi connectivity index (χ2n) is 3.56. The Morgan fingerprint density at radius 2 is 2.19 bits per heavy atom. The highest BCUT2D eigenvalue weighted by molar-refractivity contribution is 9.10. The number of nitrogens with two attached hydrogens (primary N) is 2. The molecular formula is C11H12BrN3O. The summed E-state index contributed by atoms with van der Waals surface area (Å²) in [5, 5.41) is 0.988. The van der Waals surface area contributed by atoms with Crippen LogP contribution >= 0.6 is 15.9 Å². The highest BCUT2D eigenvalue weighted by atomic mass is 79.9. The molecule has 0 saturated carbocycles. The van der Waals surface area contributed by atoms with Gasteiger partial charge >= 0.3 is 0 Å². The van der Waals surface area contributed by atoms with Crippen molar-refractivity contribution in [3.05, 3.63) is 33.9 Å². The van der Waals surface area contributed by atoms with E-state index < -0.39 is 5.91 Å². The number of aromatic amines is 1. The smallest absolute Gasteiger partial charge is 0.250 e. The van der Waals surface area contributed by atoms with Crippen LogP contribution in [0.2, 0.25) is 0 Å². The second kappa shape index (κ2) is 4.27. The molecule has 1 heterocycles. The number of rotatable bonds is 3. The highest BCUT2D eigenvalue weighted by Gasteiger charge is 2.13. The Bertz CT molecular complexity index is 547. The molecular weight excluding hydrogens is 270 g/mol. The van der Waals surface area contributed by atoms with Crippen LogP contribution in [0.4, 0.5) is 0 Å². The van der Waals surface area contributed by atoms with E-state index in [2.05, 4.69) is 20.9 Å². The van der Waals surface area contributed by atoms with Crippen molar-refractivity contribution in [3.63, 3.8) is 0 Å². The summed E-state index contributed by atoms with van der Waals surface area (Å²) in [6.07, 6.45) is 2.63. The van der Waals surface area contributed by atoms with Crippen LogP contribution in [0.3, 0.4) is 0 Å². The molecule has 1 amide bonds. The zero-order valence-electron chi connectivity index (χ0n) is 8.59. The van der Waals surface area contributed by atoms with Crippen LogP contribution in [0.15, 0.2) is 22.8 Å². The van der Waals surface area contributed by atoms with Gasteiger partial charge in [-0.3, -0.25) is 4.79 Å². The lowest BCUT2D eigenvalue weighted by Gasteiger charge is -2.02. The van der Waals surface area contributed by atoms with E-state index in [1.807, 2.05) is 12.3 Å². The zero-order chi connectivity index (χ0) is 11.7. The first-order chi connectivity index (χ1) is 7.65. The molecule has 1 aromatic heterocycles. The number of nitrogens with one attached hydrogen (secondary N) is 1. The minimum Gasteiger partial charge on any atom is -0.366 e. The summed E-state index contributed by atoms with van der Waals surface area (Å²) in [6, 6.07) is 3.54. The van der Waals surface area contributed by atoms with Crippen molar-refractivity contribution in [2.45, 2.75) is 6.42 Å². The van der Waals surface area contributed by atoms with Crippen molar-refractivity contribution in [1.29, 1.82) is 0 Å². The van der Waals surface area contributed by atoms with E-state index >= 15 is 0 Å². The molecule has 0 bridgehead atoms. The Morgan fingerprint density at radius 3 is 2.81 bits per heavy atom. The summed E-state index contributed by atoms with van der Waals surface area (Å²) in [4.78, 5) is 14.3. The Balaban J connectivity index is 2.73. The molecule has 0 aliphatic rings. The molecule has 5 N–H and O–H groups in total. The molecule has 1 aromatic carbocycles. The first kappa shape index (κ1) is 11.2. The average Bonchev–Trinajstić information content (AvgIpc) is 2.63. The van der Waals surface area contributed by atoms with Gasteiger partial charge in [0.1, 0.15) is 0 Å². The maximum atomic E-state index is 11.3. The number of hydrogen-bond donors (Lipinski definition) is 3. The first-order valence-electron chi connectivity index (χ1n) is 4.93. The number of amides is 1. The summed E-state index contributed by atoms with van der Waals surface area (Å²) in [6.45, 7) is 0.570. The maximum absolute atomic E-state index is 11.3. The van der Waals surface area contributed by atoms with Crippen molar-refractivity contribution in [3.8, 4) is 0 Å². The van der Waals surface area contributed by atoms with Crippen molar-refractivity contribution >= 4 is 32.7 Å². The quantitative estimate of drug-likeness (QED) is 0.797. The third-order valence-electron chi connectivity index (χ3n) is 2.55. The van der Waals surface area contributed by atoms with Gasteiger partial charge in [-0.2, -0.15) is 0 Å². The van der Waals surface area contributed by atoms with Gasteiger partial charge in [-0.05, 0) is 30.7 Å². The van der Waals surface area contributed by atoms with E-state index in [1.54, 1.807) is 6.07 Å². The van der Waals surface area contributed by atoms with Crippen LogP contribution in [-0.2, 0) is 6.42 Å². The van der Waals surface area contributed by atoms with Gasteiger partial charge in [0.2, 0.25) is 0 Å². The number of hydrogen-bond acceptors (Lipinski definition) is 2. The third kappa shape index (κ3) is 1.72. The minimum atomic E-state index is -0.432. The van der Waals surface area contributed by atoms with E-state index in [9.17, 15) is 4.79 Å². The van der Waals surface area contributed by atoms with Gasteiger partial charge in [-0.15, -0.1) is 0 Å². The van der Waals surface area contributed by atoms with Crippen molar-refractivity contribution in [2.24, 2.45) is 11.5 Å². The molecule has 2 rings (SSSR count). The number of primary amides is 1. The number of benzene rings is 1. The van der Waals surface area contributed by atoms with Gasteiger partial charge in [0.15, 0.2) is 0 Å². The molecule has 4 nitrogen and oxygen atoms in total. The van der Waals surface area contributed by atoms with E-state index in [-0.39, 0.29) is 0 Å².